The lowest BCUT2D eigenvalue weighted by Gasteiger charge is -2.35. The van der Waals surface area contributed by atoms with Gasteiger partial charge in [-0.25, -0.2) is 0 Å². The third-order valence-electron chi connectivity index (χ3n) is 2.94. The van der Waals surface area contributed by atoms with Crippen LogP contribution in [-0.2, 0) is 0 Å². The maximum Gasteiger partial charge on any atom is 0.249 e. The van der Waals surface area contributed by atoms with E-state index in [2.05, 4.69) is 21.7 Å². The van der Waals surface area contributed by atoms with E-state index in [0.29, 0.717) is 0 Å². The molecule has 1 saturated heterocycles. The van der Waals surface area contributed by atoms with Crippen LogP contribution in [0.25, 0.3) is 0 Å². The van der Waals surface area contributed by atoms with Crippen LogP contribution >= 0.6 is 0 Å². The van der Waals surface area contributed by atoms with E-state index in [0.717, 1.165) is 38.4 Å². The highest BCUT2D eigenvalue weighted by Crippen LogP contribution is 2.12. The SMILES string of the molecule is CCN1CCN(c2cc[nH]c(=O)c2)CC1. The number of nitrogens with zero attached hydrogens (tertiary/aromatic N) is 2. The summed E-state index contributed by atoms with van der Waals surface area (Å²) >= 11 is 0. The molecule has 0 aromatic carbocycles. The summed E-state index contributed by atoms with van der Waals surface area (Å²) in [6.45, 7) is 7.49. The minimum Gasteiger partial charge on any atom is -0.369 e. The highest BCUT2D eigenvalue weighted by molar-refractivity contribution is 5.44. The minimum absolute atomic E-state index is 0.0228. The van der Waals surface area contributed by atoms with Crippen molar-refractivity contribution in [2.24, 2.45) is 0 Å². The van der Waals surface area contributed by atoms with Crippen LogP contribution in [0.5, 0.6) is 0 Å². The van der Waals surface area contributed by atoms with Gasteiger partial charge in [-0.05, 0) is 12.6 Å². The molecule has 15 heavy (non-hydrogen) atoms. The number of piperazine rings is 1. The van der Waals surface area contributed by atoms with Crippen molar-refractivity contribution in [1.29, 1.82) is 0 Å². The van der Waals surface area contributed by atoms with Gasteiger partial charge in [0.15, 0.2) is 0 Å². The van der Waals surface area contributed by atoms with E-state index >= 15 is 0 Å². The number of rotatable bonds is 2. The molecule has 1 aliphatic rings. The maximum atomic E-state index is 11.2. The third-order valence-corrected chi connectivity index (χ3v) is 2.94. The Morgan fingerprint density at radius 3 is 2.67 bits per heavy atom. The molecule has 1 fully saturated rings. The van der Waals surface area contributed by atoms with Gasteiger partial charge in [0, 0.05) is 44.1 Å². The summed E-state index contributed by atoms with van der Waals surface area (Å²) in [6.07, 6.45) is 1.71. The Morgan fingerprint density at radius 1 is 1.33 bits per heavy atom. The maximum absolute atomic E-state index is 11.2. The number of aromatic nitrogens is 1. The fraction of sp³-hybridized carbons (Fsp3) is 0.545. The first-order valence-corrected chi connectivity index (χ1v) is 5.45. The Bertz CT molecular complexity index is 366. The predicted molar refractivity (Wildman–Crippen MR) is 61.4 cm³/mol. The molecule has 4 heteroatoms. The number of hydrogen-bond donors (Lipinski definition) is 1. The van der Waals surface area contributed by atoms with Gasteiger partial charge in [-0.15, -0.1) is 0 Å². The standard InChI is InChI=1S/C11H17N3O/c1-2-13-5-7-14(8-6-13)10-3-4-12-11(15)9-10/h3-4,9H,2,5-8H2,1H3,(H,12,15). The molecule has 0 atom stereocenters. The van der Waals surface area contributed by atoms with Crippen LogP contribution in [0.2, 0.25) is 0 Å². The van der Waals surface area contributed by atoms with Gasteiger partial charge >= 0.3 is 0 Å². The van der Waals surface area contributed by atoms with E-state index in [1.54, 1.807) is 12.3 Å². The molecule has 4 nitrogen and oxygen atoms in total. The van der Waals surface area contributed by atoms with Crippen molar-refractivity contribution in [1.82, 2.24) is 9.88 Å². The summed E-state index contributed by atoms with van der Waals surface area (Å²) < 4.78 is 0. The second-order valence-corrected chi connectivity index (χ2v) is 3.83. The summed E-state index contributed by atoms with van der Waals surface area (Å²) in [5, 5.41) is 0. The second-order valence-electron chi connectivity index (χ2n) is 3.83. The molecule has 0 saturated carbocycles. The van der Waals surface area contributed by atoms with Crippen molar-refractivity contribution in [3.05, 3.63) is 28.7 Å². The Kier molecular flexibility index (Phi) is 3.06. The molecule has 1 N–H and O–H groups in total. The Hall–Kier alpha value is -1.29. The fourth-order valence-corrected chi connectivity index (χ4v) is 1.95. The highest BCUT2D eigenvalue weighted by Gasteiger charge is 2.15. The fourth-order valence-electron chi connectivity index (χ4n) is 1.95. The van der Waals surface area contributed by atoms with Crippen LogP contribution in [0.4, 0.5) is 5.69 Å². The molecule has 0 bridgehead atoms. The van der Waals surface area contributed by atoms with Crippen molar-refractivity contribution >= 4 is 5.69 Å². The molecule has 1 aliphatic heterocycles. The number of anilines is 1. The van der Waals surface area contributed by atoms with E-state index in [1.165, 1.54) is 0 Å². The Morgan fingerprint density at radius 2 is 2.07 bits per heavy atom. The average molecular weight is 207 g/mol. The van der Waals surface area contributed by atoms with Crippen molar-refractivity contribution in [3.8, 4) is 0 Å². The van der Waals surface area contributed by atoms with Crippen LogP contribution in [0.3, 0.4) is 0 Å². The molecular weight excluding hydrogens is 190 g/mol. The van der Waals surface area contributed by atoms with Crippen LogP contribution in [0, 0.1) is 0 Å². The first-order valence-electron chi connectivity index (χ1n) is 5.45. The molecule has 0 radical (unpaired) electrons. The first-order chi connectivity index (χ1) is 7.29. The summed E-state index contributed by atoms with van der Waals surface area (Å²) in [5.41, 5.74) is 1.01. The molecule has 0 amide bonds. The number of pyridine rings is 1. The van der Waals surface area contributed by atoms with Gasteiger partial charge in [0.05, 0.1) is 0 Å². The molecular formula is C11H17N3O. The number of nitrogens with one attached hydrogen (secondary N) is 1. The van der Waals surface area contributed by atoms with E-state index in [-0.39, 0.29) is 5.56 Å². The van der Waals surface area contributed by atoms with Crippen LogP contribution in [-0.4, -0.2) is 42.6 Å². The highest BCUT2D eigenvalue weighted by atomic mass is 16.1. The quantitative estimate of drug-likeness (QED) is 0.768. The topological polar surface area (TPSA) is 39.3 Å². The molecule has 1 aromatic heterocycles. The van der Waals surface area contributed by atoms with Crippen LogP contribution in [0.15, 0.2) is 23.1 Å². The summed E-state index contributed by atoms with van der Waals surface area (Å²) in [7, 11) is 0. The van der Waals surface area contributed by atoms with Gasteiger partial charge in [0.25, 0.3) is 0 Å². The number of likely N-dealkylation sites (N-methyl/N-ethyl adjacent to an activating group) is 1. The van der Waals surface area contributed by atoms with Crippen LogP contribution in [0.1, 0.15) is 6.92 Å². The number of H-pyrrole nitrogens is 1. The molecule has 0 spiro atoms. The van der Waals surface area contributed by atoms with Crippen molar-refractivity contribution in [2.75, 3.05) is 37.6 Å². The van der Waals surface area contributed by atoms with Crippen molar-refractivity contribution in [2.45, 2.75) is 6.92 Å². The van der Waals surface area contributed by atoms with Gasteiger partial charge in [-0.1, -0.05) is 6.92 Å². The molecule has 82 valence electrons. The smallest absolute Gasteiger partial charge is 0.249 e. The van der Waals surface area contributed by atoms with E-state index in [4.69, 9.17) is 0 Å². The molecule has 2 rings (SSSR count). The zero-order valence-corrected chi connectivity index (χ0v) is 9.07. The van der Waals surface area contributed by atoms with Crippen molar-refractivity contribution < 1.29 is 0 Å². The predicted octanol–water partition coefficient (Wildman–Crippen LogP) is 0.517. The van der Waals surface area contributed by atoms with Gasteiger partial charge in [0.2, 0.25) is 5.56 Å². The molecule has 2 heterocycles. The van der Waals surface area contributed by atoms with Gasteiger partial charge in [-0.3, -0.25) is 4.79 Å². The molecule has 0 unspecified atom stereocenters. The normalized spacial score (nSPS) is 18.1. The largest absolute Gasteiger partial charge is 0.369 e. The lowest BCUT2D eigenvalue weighted by atomic mass is 10.2. The summed E-state index contributed by atoms with van der Waals surface area (Å²) in [4.78, 5) is 18.5. The Labute approximate surface area is 89.5 Å². The molecule has 1 aromatic rings. The summed E-state index contributed by atoms with van der Waals surface area (Å²) in [5.74, 6) is 0. The number of hydrogen-bond acceptors (Lipinski definition) is 3. The lowest BCUT2D eigenvalue weighted by Crippen LogP contribution is -2.46. The number of aromatic amines is 1. The minimum atomic E-state index is -0.0228. The molecule has 0 aliphatic carbocycles. The second kappa shape index (κ2) is 4.49. The van der Waals surface area contributed by atoms with E-state index in [9.17, 15) is 4.79 Å². The first kappa shape index (κ1) is 10.2. The van der Waals surface area contributed by atoms with Gasteiger partial charge in [0.1, 0.15) is 0 Å². The monoisotopic (exact) mass is 207 g/mol. The van der Waals surface area contributed by atoms with E-state index < -0.39 is 0 Å². The summed E-state index contributed by atoms with van der Waals surface area (Å²) in [6, 6.07) is 3.63. The average Bonchev–Trinajstić information content (AvgIpc) is 2.29. The van der Waals surface area contributed by atoms with E-state index in [1.807, 2.05) is 6.07 Å². The Balaban J connectivity index is 2.04. The zero-order chi connectivity index (χ0) is 10.7. The van der Waals surface area contributed by atoms with Crippen LogP contribution < -0.4 is 10.5 Å². The lowest BCUT2D eigenvalue weighted by molar-refractivity contribution is 0.271. The van der Waals surface area contributed by atoms with Gasteiger partial charge in [-0.2, -0.15) is 0 Å². The van der Waals surface area contributed by atoms with Gasteiger partial charge < -0.3 is 14.8 Å². The zero-order valence-electron chi connectivity index (χ0n) is 9.07. The van der Waals surface area contributed by atoms with Crippen molar-refractivity contribution in [3.63, 3.8) is 0 Å². The third kappa shape index (κ3) is 2.39.